The van der Waals surface area contributed by atoms with E-state index in [-0.39, 0.29) is 17.1 Å². The van der Waals surface area contributed by atoms with E-state index in [2.05, 4.69) is 31.9 Å². The zero-order chi connectivity index (χ0) is 11.9. The number of hydrogen-bond donors (Lipinski definition) is 0. The highest BCUT2D eigenvalue weighted by Gasteiger charge is 2.45. The molecular formula is C11H20O3S. The molecule has 0 spiro atoms. The second-order valence-electron chi connectivity index (χ2n) is 4.99. The largest absolute Gasteiger partial charge is 0.273 e. The number of allylic oxidation sites excluding steroid dienone is 2. The van der Waals surface area contributed by atoms with Gasteiger partial charge < -0.3 is 0 Å². The maximum Gasteiger partial charge on any atom is 0.267 e. The molecule has 0 radical (unpaired) electrons. The van der Waals surface area contributed by atoms with Gasteiger partial charge >= 0.3 is 0 Å². The lowest BCUT2D eigenvalue weighted by atomic mass is 9.58. The zero-order valence-corrected chi connectivity index (χ0v) is 10.9. The summed E-state index contributed by atoms with van der Waals surface area (Å²) < 4.78 is 27.1. The lowest BCUT2D eigenvalue weighted by Gasteiger charge is -2.48. The molecule has 1 atom stereocenters. The van der Waals surface area contributed by atoms with Gasteiger partial charge in [-0.05, 0) is 31.6 Å². The Morgan fingerprint density at radius 1 is 1.47 bits per heavy atom. The fourth-order valence-electron chi connectivity index (χ4n) is 2.31. The quantitative estimate of drug-likeness (QED) is 0.554. The topological polar surface area (TPSA) is 43.4 Å². The molecule has 0 saturated heterocycles. The Morgan fingerprint density at radius 3 is 2.33 bits per heavy atom. The van der Waals surface area contributed by atoms with Gasteiger partial charge in [0, 0.05) is 0 Å². The van der Waals surface area contributed by atoms with Crippen LogP contribution in [0.15, 0.2) is 11.1 Å². The molecular weight excluding hydrogens is 212 g/mol. The van der Waals surface area contributed by atoms with Gasteiger partial charge in [-0.15, -0.1) is 0 Å². The molecule has 0 amide bonds. The number of rotatable bonds is 3. The first-order valence-electron chi connectivity index (χ1n) is 5.16. The molecule has 4 heteroatoms. The average molecular weight is 232 g/mol. The van der Waals surface area contributed by atoms with Gasteiger partial charge in [0.25, 0.3) is 10.1 Å². The predicted molar refractivity (Wildman–Crippen MR) is 61.1 cm³/mol. The zero-order valence-electron chi connectivity index (χ0n) is 10.1. The third-order valence-corrected chi connectivity index (χ3v) is 4.83. The van der Waals surface area contributed by atoms with Gasteiger partial charge in [-0.1, -0.05) is 25.0 Å². The van der Waals surface area contributed by atoms with Crippen molar-refractivity contribution in [3.05, 3.63) is 11.1 Å². The molecule has 88 valence electrons. The van der Waals surface area contributed by atoms with E-state index in [9.17, 15) is 8.42 Å². The Morgan fingerprint density at radius 2 is 2.00 bits per heavy atom. The summed E-state index contributed by atoms with van der Waals surface area (Å²) in [5.74, 6) is 0.320. The first-order chi connectivity index (χ1) is 6.70. The SMILES string of the molecule is COS(=O)(=O)CC1CC(=C(C)C)C1(C)C. The van der Waals surface area contributed by atoms with Gasteiger partial charge in [0.05, 0.1) is 12.9 Å². The minimum atomic E-state index is -3.32. The molecule has 1 rings (SSSR count). The molecule has 1 aliphatic carbocycles. The van der Waals surface area contributed by atoms with Crippen molar-refractivity contribution < 1.29 is 12.6 Å². The summed E-state index contributed by atoms with van der Waals surface area (Å²) in [7, 11) is -2.10. The summed E-state index contributed by atoms with van der Waals surface area (Å²) in [5.41, 5.74) is 2.70. The van der Waals surface area contributed by atoms with Crippen molar-refractivity contribution >= 4 is 10.1 Å². The maximum absolute atomic E-state index is 11.3. The second kappa shape index (κ2) is 3.91. The summed E-state index contributed by atoms with van der Waals surface area (Å²) in [6, 6.07) is 0. The van der Waals surface area contributed by atoms with Crippen molar-refractivity contribution in [1.29, 1.82) is 0 Å². The van der Waals surface area contributed by atoms with Crippen LogP contribution in [0.3, 0.4) is 0 Å². The van der Waals surface area contributed by atoms with Gasteiger partial charge in [-0.3, -0.25) is 4.18 Å². The van der Waals surface area contributed by atoms with E-state index in [0.717, 1.165) is 6.42 Å². The molecule has 15 heavy (non-hydrogen) atoms. The first kappa shape index (κ1) is 12.7. The fraction of sp³-hybridized carbons (Fsp3) is 0.818. The molecule has 1 fully saturated rings. The van der Waals surface area contributed by atoms with Crippen molar-refractivity contribution in [2.75, 3.05) is 12.9 Å². The Hall–Kier alpha value is -0.350. The molecule has 0 aliphatic heterocycles. The van der Waals surface area contributed by atoms with Crippen LogP contribution in [0.1, 0.15) is 34.1 Å². The van der Waals surface area contributed by atoms with E-state index in [1.54, 1.807) is 0 Å². The van der Waals surface area contributed by atoms with Crippen molar-refractivity contribution in [2.45, 2.75) is 34.1 Å². The van der Waals surface area contributed by atoms with E-state index < -0.39 is 10.1 Å². The molecule has 1 aliphatic rings. The predicted octanol–water partition coefficient (Wildman–Crippen LogP) is 2.35. The fourth-order valence-corrected chi connectivity index (χ4v) is 3.47. The van der Waals surface area contributed by atoms with Gasteiger partial charge in [-0.2, -0.15) is 8.42 Å². The summed E-state index contributed by atoms with van der Waals surface area (Å²) in [5, 5.41) is 0. The van der Waals surface area contributed by atoms with Crippen molar-refractivity contribution in [3.63, 3.8) is 0 Å². The third kappa shape index (κ3) is 2.42. The summed E-state index contributed by atoms with van der Waals surface area (Å²) in [6.45, 7) is 8.37. The smallest absolute Gasteiger partial charge is 0.267 e. The van der Waals surface area contributed by atoms with Crippen LogP contribution < -0.4 is 0 Å². The van der Waals surface area contributed by atoms with Gasteiger partial charge in [-0.25, -0.2) is 0 Å². The van der Waals surface area contributed by atoms with Crippen LogP contribution in [0.4, 0.5) is 0 Å². The van der Waals surface area contributed by atoms with E-state index in [1.807, 2.05) is 0 Å². The normalized spacial score (nSPS) is 24.9. The molecule has 3 nitrogen and oxygen atoms in total. The molecule has 0 aromatic carbocycles. The minimum absolute atomic E-state index is 0.00440. The molecule has 0 aromatic rings. The van der Waals surface area contributed by atoms with Crippen LogP contribution in [0.2, 0.25) is 0 Å². The standard InChI is InChI=1S/C11H20O3S/c1-8(2)10-6-9(11(10,3)4)7-15(12,13)14-5/h9H,6-7H2,1-5H3. The van der Waals surface area contributed by atoms with Crippen LogP contribution >= 0.6 is 0 Å². The van der Waals surface area contributed by atoms with Crippen molar-refractivity contribution in [2.24, 2.45) is 11.3 Å². The first-order valence-corrected chi connectivity index (χ1v) is 6.73. The monoisotopic (exact) mass is 232 g/mol. The highest BCUT2D eigenvalue weighted by Crippen LogP contribution is 2.52. The lowest BCUT2D eigenvalue weighted by molar-refractivity contribution is 0.182. The van der Waals surface area contributed by atoms with Crippen molar-refractivity contribution in [3.8, 4) is 0 Å². The Balaban J connectivity index is 2.78. The summed E-state index contributed by atoms with van der Waals surface area (Å²) in [4.78, 5) is 0. The average Bonchev–Trinajstić information content (AvgIpc) is 2.11. The highest BCUT2D eigenvalue weighted by atomic mass is 32.2. The summed E-state index contributed by atoms with van der Waals surface area (Å²) in [6.07, 6.45) is 0.887. The van der Waals surface area contributed by atoms with Crippen LogP contribution in [0, 0.1) is 11.3 Å². The molecule has 1 unspecified atom stereocenters. The van der Waals surface area contributed by atoms with E-state index in [4.69, 9.17) is 0 Å². The lowest BCUT2D eigenvalue weighted by Crippen LogP contribution is -2.42. The molecule has 0 N–H and O–H groups in total. The van der Waals surface area contributed by atoms with Crippen LogP contribution in [0.25, 0.3) is 0 Å². The Kier molecular flexibility index (Phi) is 3.31. The third-order valence-electron chi connectivity index (χ3n) is 3.51. The van der Waals surface area contributed by atoms with E-state index >= 15 is 0 Å². The van der Waals surface area contributed by atoms with E-state index in [1.165, 1.54) is 18.3 Å². The van der Waals surface area contributed by atoms with Crippen molar-refractivity contribution in [1.82, 2.24) is 0 Å². The van der Waals surface area contributed by atoms with Crippen LogP contribution in [-0.4, -0.2) is 21.3 Å². The second-order valence-corrected chi connectivity index (χ2v) is 6.77. The minimum Gasteiger partial charge on any atom is -0.273 e. The molecule has 1 saturated carbocycles. The Labute approximate surface area is 92.6 Å². The van der Waals surface area contributed by atoms with Gasteiger partial charge in [0.2, 0.25) is 0 Å². The van der Waals surface area contributed by atoms with Gasteiger partial charge in [0.15, 0.2) is 0 Å². The van der Waals surface area contributed by atoms with E-state index in [0.29, 0.717) is 0 Å². The molecule has 0 heterocycles. The molecule has 0 aromatic heterocycles. The van der Waals surface area contributed by atoms with Crippen LogP contribution in [-0.2, 0) is 14.3 Å². The number of hydrogen-bond acceptors (Lipinski definition) is 3. The maximum atomic E-state index is 11.3. The summed E-state index contributed by atoms with van der Waals surface area (Å²) >= 11 is 0. The highest BCUT2D eigenvalue weighted by molar-refractivity contribution is 7.86. The molecule has 0 bridgehead atoms. The van der Waals surface area contributed by atoms with Gasteiger partial charge in [0.1, 0.15) is 0 Å². The Bertz CT molecular complexity index is 373. The van der Waals surface area contributed by atoms with Crippen LogP contribution in [0.5, 0.6) is 0 Å².